The van der Waals surface area contributed by atoms with Gasteiger partial charge in [0, 0.05) is 11.8 Å². The van der Waals surface area contributed by atoms with E-state index >= 15 is 0 Å². The molecule has 2 N–H and O–H groups in total. The Bertz CT molecular complexity index is 402. The molecular formula is C13H21N3O2S. The molecule has 2 rings (SSSR count). The second-order valence-corrected chi connectivity index (χ2v) is 5.77. The van der Waals surface area contributed by atoms with Gasteiger partial charge in [-0.05, 0) is 32.9 Å². The first kappa shape index (κ1) is 14.4. The van der Waals surface area contributed by atoms with Crippen molar-refractivity contribution in [1.82, 2.24) is 15.6 Å². The van der Waals surface area contributed by atoms with Crippen LogP contribution in [0.25, 0.3) is 0 Å². The summed E-state index contributed by atoms with van der Waals surface area (Å²) in [5, 5.41) is 9.15. The Balaban J connectivity index is 1.56. The van der Waals surface area contributed by atoms with E-state index in [2.05, 4.69) is 15.6 Å². The number of hydrogen-bond acceptors (Lipinski definition) is 5. The van der Waals surface area contributed by atoms with E-state index in [4.69, 9.17) is 4.74 Å². The molecule has 0 spiro atoms. The Morgan fingerprint density at radius 2 is 2.37 bits per heavy atom. The Labute approximate surface area is 117 Å². The third-order valence-electron chi connectivity index (χ3n) is 3.10. The highest BCUT2D eigenvalue weighted by Crippen LogP contribution is 2.08. The molecule has 0 unspecified atom stereocenters. The number of amides is 1. The van der Waals surface area contributed by atoms with Crippen LogP contribution in [-0.4, -0.2) is 36.7 Å². The number of ether oxygens (including phenoxy) is 1. The second-order valence-electron chi connectivity index (χ2n) is 4.70. The zero-order valence-electron chi connectivity index (χ0n) is 11.3. The van der Waals surface area contributed by atoms with Crippen molar-refractivity contribution in [2.24, 2.45) is 0 Å². The highest BCUT2D eigenvalue weighted by atomic mass is 32.1. The third kappa shape index (κ3) is 5.26. The van der Waals surface area contributed by atoms with Gasteiger partial charge in [-0.15, -0.1) is 11.3 Å². The molecule has 0 saturated carbocycles. The highest BCUT2D eigenvalue weighted by Gasteiger charge is 2.13. The van der Waals surface area contributed by atoms with Crippen molar-refractivity contribution in [3.63, 3.8) is 0 Å². The first-order chi connectivity index (χ1) is 9.24. The largest absolute Gasteiger partial charge is 0.378 e. The van der Waals surface area contributed by atoms with Crippen molar-refractivity contribution in [3.8, 4) is 0 Å². The summed E-state index contributed by atoms with van der Waals surface area (Å²) in [6.07, 6.45) is 2.82. The predicted molar refractivity (Wildman–Crippen MR) is 75.2 cm³/mol. The second kappa shape index (κ2) is 7.57. The van der Waals surface area contributed by atoms with E-state index < -0.39 is 0 Å². The molecule has 1 aromatic heterocycles. The predicted octanol–water partition coefficient (Wildman–Crippen LogP) is 1.23. The van der Waals surface area contributed by atoms with Crippen molar-refractivity contribution in [2.75, 3.05) is 19.7 Å². The van der Waals surface area contributed by atoms with Gasteiger partial charge in [0.25, 0.3) is 0 Å². The van der Waals surface area contributed by atoms with E-state index in [-0.39, 0.29) is 5.91 Å². The van der Waals surface area contributed by atoms with Crippen LogP contribution in [0.3, 0.4) is 0 Å². The van der Waals surface area contributed by atoms with Crippen LogP contribution in [0, 0.1) is 6.92 Å². The van der Waals surface area contributed by atoms with Crippen LogP contribution < -0.4 is 10.6 Å². The molecule has 1 amide bonds. The van der Waals surface area contributed by atoms with Gasteiger partial charge in [-0.1, -0.05) is 0 Å². The maximum atomic E-state index is 11.6. The van der Waals surface area contributed by atoms with E-state index in [9.17, 15) is 4.79 Å². The highest BCUT2D eigenvalue weighted by molar-refractivity contribution is 7.09. The van der Waals surface area contributed by atoms with Crippen LogP contribution in [0.5, 0.6) is 0 Å². The molecule has 0 atom stereocenters. The number of rotatable bonds is 6. The Morgan fingerprint density at radius 1 is 1.58 bits per heavy atom. The Morgan fingerprint density at radius 3 is 3.05 bits per heavy atom. The van der Waals surface area contributed by atoms with Gasteiger partial charge < -0.3 is 15.4 Å². The minimum Gasteiger partial charge on any atom is -0.378 e. The Hall–Kier alpha value is -0.980. The molecule has 1 aromatic rings. The molecular weight excluding hydrogens is 262 g/mol. The minimum absolute atomic E-state index is 0.0274. The van der Waals surface area contributed by atoms with Crippen molar-refractivity contribution < 1.29 is 9.53 Å². The molecule has 106 valence electrons. The van der Waals surface area contributed by atoms with E-state index in [0.717, 1.165) is 36.6 Å². The van der Waals surface area contributed by atoms with Gasteiger partial charge in [-0.2, -0.15) is 0 Å². The molecule has 0 aromatic carbocycles. The van der Waals surface area contributed by atoms with Gasteiger partial charge in [0.1, 0.15) is 0 Å². The summed E-state index contributed by atoms with van der Waals surface area (Å²) in [6.45, 7) is 5.01. The molecule has 0 bridgehead atoms. The van der Waals surface area contributed by atoms with Crippen LogP contribution >= 0.6 is 11.3 Å². The van der Waals surface area contributed by atoms with E-state index in [1.165, 1.54) is 0 Å². The molecule has 6 heteroatoms. The number of hydrogen-bond donors (Lipinski definition) is 2. The fraction of sp³-hybridized carbons (Fsp3) is 0.692. The van der Waals surface area contributed by atoms with Gasteiger partial charge >= 0.3 is 0 Å². The number of piperidine rings is 1. The van der Waals surface area contributed by atoms with E-state index in [1.54, 1.807) is 11.3 Å². The summed E-state index contributed by atoms with van der Waals surface area (Å²) >= 11 is 1.60. The smallest absolute Gasteiger partial charge is 0.222 e. The van der Waals surface area contributed by atoms with Crippen LogP contribution in [0.2, 0.25) is 0 Å². The zero-order chi connectivity index (χ0) is 13.5. The molecule has 2 heterocycles. The van der Waals surface area contributed by atoms with Crippen molar-refractivity contribution >= 4 is 17.2 Å². The van der Waals surface area contributed by atoms with Gasteiger partial charge in [0.05, 0.1) is 30.0 Å². The lowest BCUT2D eigenvalue weighted by Gasteiger charge is -2.22. The van der Waals surface area contributed by atoms with Gasteiger partial charge in [-0.3, -0.25) is 4.79 Å². The first-order valence-corrected chi connectivity index (χ1v) is 7.62. The van der Waals surface area contributed by atoms with Crippen molar-refractivity contribution in [3.05, 3.63) is 16.1 Å². The molecule has 0 radical (unpaired) electrons. The number of carbonyl (C=O) groups excluding carboxylic acids is 1. The monoisotopic (exact) mass is 283 g/mol. The van der Waals surface area contributed by atoms with Crippen LogP contribution in [-0.2, 0) is 16.1 Å². The fourth-order valence-electron chi connectivity index (χ4n) is 2.05. The SMILES string of the molecule is Cc1nc(CNC(=O)CCOC2CCNCC2)cs1. The molecule has 1 fully saturated rings. The molecule has 1 saturated heterocycles. The third-order valence-corrected chi connectivity index (χ3v) is 3.92. The topological polar surface area (TPSA) is 63.2 Å². The van der Waals surface area contributed by atoms with Crippen molar-refractivity contribution in [1.29, 1.82) is 0 Å². The lowest BCUT2D eigenvalue weighted by Crippen LogP contribution is -2.33. The number of nitrogens with zero attached hydrogens (tertiary/aromatic N) is 1. The summed E-state index contributed by atoms with van der Waals surface area (Å²) < 4.78 is 5.70. The van der Waals surface area contributed by atoms with E-state index in [1.807, 2.05) is 12.3 Å². The first-order valence-electron chi connectivity index (χ1n) is 6.74. The fourth-order valence-corrected chi connectivity index (χ4v) is 2.66. The Kier molecular flexibility index (Phi) is 5.75. The average Bonchev–Trinajstić information content (AvgIpc) is 2.83. The van der Waals surface area contributed by atoms with Gasteiger partial charge in [0.15, 0.2) is 0 Å². The quantitative estimate of drug-likeness (QED) is 0.824. The lowest BCUT2D eigenvalue weighted by atomic mass is 10.1. The van der Waals surface area contributed by atoms with Crippen LogP contribution in [0.15, 0.2) is 5.38 Å². The molecule has 1 aliphatic heterocycles. The molecule has 5 nitrogen and oxygen atoms in total. The van der Waals surface area contributed by atoms with Crippen LogP contribution in [0.1, 0.15) is 30.0 Å². The van der Waals surface area contributed by atoms with Gasteiger partial charge in [-0.25, -0.2) is 4.98 Å². The summed E-state index contributed by atoms with van der Waals surface area (Å²) in [6, 6.07) is 0. The molecule has 0 aliphatic carbocycles. The number of thiazole rings is 1. The van der Waals surface area contributed by atoms with Gasteiger partial charge in [0.2, 0.25) is 5.91 Å². The summed E-state index contributed by atoms with van der Waals surface area (Å²) in [5.41, 5.74) is 0.926. The number of carbonyl (C=O) groups is 1. The summed E-state index contributed by atoms with van der Waals surface area (Å²) in [5.74, 6) is 0.0274. The summed E-state index contributed by atoms with van der Waals surface area (Å²) in [4.78, 5) is 15.9. The maximum absolute atomic E-state index is 11.6. The van der Waals surface area contributed by atoms with Crippen molar-refractivity contribution in [2.45, 2.75) is 38.8 Å². The minimum atomic E-state index is 0.0274. The number of aryl methyl sites for hydroxylation is 1. The maximum Gasteiger partial charge on any atom is 0.222 e. The zero-order valence-corrected chi connectivity index (χ0v) is 12.1. The number of nitrogens with one attached hydrogen (secondary N) is 2. The number of aromatic nitrogens is 1. The standard InChI is InChI=1S/C13H21N3O2S/c1-10-16-11(9-19-10)8-15-13(17)4-7-18-12-2-5-14-6-3-12/h9,12,14H,2-8H2,1H3,(H,15,17). The summed E-state index contributed by atoms with van der Waals surface area (Å²) in [7, 11) is 0. The lowest BCUT2D eigenvalue weighted by molar-refractivity contribution is -0.122. The van der Waals surface area contributed by atoms with E-state index in [0.29, 0.717) is 25.7 Å². The molecule has 1 aliphatic rings. The van der Waals surface area contributed by atoms with Crippen LogP contribution in [0.4, 0.5) is 0 Å². The molecule has 19 heavy (non-hydrogen) atoms. The normalized spacial score (nSPS) is 16.5. The average molecular weight is 283 g/mol.